The van der Waals surface area contributed by atoms with Crippen LogP contribution in [0.4, 0.5) is 5.13 Å². The first-order valence-electron chi connectivity index (χ1n) is 6.99. The molecule has 0 saturated carbocycles. The molecule has 0 radical (unpaired) electrons. The van der Waals surface area contributed by atoms with Crippen LogP contribution in [-0.4, -0.2) is 28.5 Å². The Hall–Kier alpha value is -1.60. The first-order valence-corrected chi connectivity index (χ1v) is 8.69. The molecule has 2 rings (SSSR count). The monoisotopic (exact) mass is 337 g/mol. The zero-order valence-electron chi connectivity index (χ0n) is 12.8. The van der Waals surface area contributed by atoms with Crippen molar-refractivity contribution in [3.63, 3.8) is 0 Å². The predicted octanol–water partition coefficient (Wildman–Crippen LogP) is 3.62. The fourth-order valence-corrected chi connectivity index (χ4v) is 3.73. The molecule has 0 saturated heterocycles. The van der Waals surface area contributed by atoms with Crippen molar-refractivity contribution in [2.24, 2.45) is 0 Å². The summed E-state index contributed by atoms with van der Waals surface area (Å²) in [7, 11) is 1.64. The Bertz CT molecular complexity index is 612. The predicted molar refractivity (Wildman–Crippen MR) is 90.8 cm³/mol. The van der Waals surface area contributed by atoms with Gasteiger partial charge in [-0.05, 0) is 24.1 Å². The van der Waals surface area contributed by atoms with Crippen molar-refractivity contribution >= 4 is 34.1 Å². The normalized spacial score (nSPS) is 10.7. The van der Waals surface area contributed by atoms with Gasteiger partial charge in [0.05, 0.1) is 7.11 Å². The van der Waals surface area contributed by atoms with Crippen LogP contribution in [0.3, 0.4) is 0 Å². The number of methoxy groups -OCH3 is 1. The van der Waals surface area contributed by atoms with Crippen molar-refractivity contribution in [3.8, 4) is 5.75 Å². The Morgan fingerprint density at radius 2 is 2.05 bits per heavy atom. The van der Waals surface area contributed by atoms with E-state index < -0.39 is 0 Å². The van der Waals surface area contributed by atoms with Gasteiger partial charge in [0, 0.05) is 11.7 Å². The molecule has 22 heavy (non-hydrogen) atoms. The van der Waals surface area contributed by atoms with Crippen LogP contribution in [0.15, 0.2) is 28.6 Å². The van der Waals surface area contributed by atoms with Crippen LogP contribution in [0.1, 0.15) is 25.8 Å². The number of ether oxygens (including phenoxy) is 1. The summed E-state index contributed by atoms with van der Waals surface area (Å²) in [6.07, 6.45) is 1.10. The van der Waals surface area contributed by atoms with Gasteiger partial charge in [-0.25, -0.2) is 0 Å². The van der Waals surface area contributed by atoms with Gasteiger partial charge in [0.1, 0.15) is 5.75 Å². The number of aromatic nitrogens is 2. The Morgan fingerprint density at radius 3 is 2.68 bits per heavy atom. The molecule has 0 atom stereocenters. The van der Waals surface area contributed by atoms with Crippen molar-refractivity contribution in [2.75, 3.05) is 12.4 Å². The van der Waals surface area contributed by atoms with Crippen molar-refractivity contribution in [1.29, 1.82) is 0 Å². The Labute approximate surface area is 138 Å². The number of hydrogen-bond donors (Lipinski definition) is 1. The lowest BCUT2D eigenvalue weighted by Crippen LogP contribution is -2.12. The summed E-state index contributed by atoms with van der Waals surface area (Å²) in [6.45, 7) is 4.19. The van der Waals surface area contributed by atoms with E-state index in [2.05, 4.69) is 29.4 Å². The zero-order chi connectivity index (χ0) is 15.9. The molecule has 1 aromatic carbocycles. The van der Waals surface area contributed by atoms with Crippen LogP contribution in [-0.2, 0) is 11.2 Å². The first kappa shape index (κ1) is 16.8. The maximum Gasteiger partial charge on any atom is 0.226 e. The number of carbonyl (C=O) groups is 1. The third-order valence-electron chi connectivity index (χ3n) is 2.79. The van der Waals surface area contributed by atoms with Gasteiger partial charge >= 0.3 is 0 Å². The van der Waals surface area contributed by atoms with Crippen LogP contribution >= 0.6 is 23.1 Å². The van der Waals surface area contributed by atoms with E-state index in [0.29, 0.717) is 23.2 Å². The molecule has 1 heterocycles. The molecule has 5 nitrogen and oxygen atoms in total. The van der Waals surface area contributed by atoms with E-state index in [-0.39, 0.29) is 5.91 Å². The first-order chi connectivity index (χ1) is 10.6. The number of anilines is 1. The molecule has 0 spiro atoms. The Balaban J connectivity index is 1.80. The minimum absolute atomic E-state index is 0.0481. The van der Waals surface area contributed by atoms with E-state index in [9.17, 15) is 4.79 Å². The summed E-state index contributed by atoms with van der Waals surface area (Å²) in [6, 6.07) is 7.73. The fourth-order valence-electron chi connectivity index (χ4n) is 1.74. The van der Waals surface area contributed by atoms with Crippen LogP contribution in [0, 0.1) is 0 Å². The minimum atomic E-state index is -0.0481. The number of rotatable bonds is 7. The third kappa shape index (κ3) is 5.31. The molecule has 7 heteroatoms. The van der Waals surface area contributed by atoms with E-state index in [1.807, 2.05) is 24.3 Å². The third-order valence-corrected chi connectivity index (χ3v) is 4.72. The number of aryl methyl sites for hydroxylation is 1. The lowest BCUT2D eigenvalue weighted by atomic mass is 10.1. The standard InChI is InChI=1S/C15H19N3O2S2/c1-10(2)21-15-18-17-14(22-15)16-13(19)9-6-11-4-7-12(20-3)8-5-11/h4-5,7-8,10H,6,9H2,1-3H3,(H,16,17,19). The minimum Gasteiger partial charge on any atom is -0.497 e. The number of nitrogens with one attached hydrogen (secondary N) is 1. The highest BCUT2D eigenvalue weighted by atomic mass is 32.2. The fraction of sp³-hybridized carbons (Fsp3) is 0.400. The molecule has 1 aromatic heterocycles. The second-order valence-electron chi connectivity index (χ2n) is 4.94. The molecule has 0 aliphatic carbocycles. The zero-order valence-corrected chi connectivity index (χ0v) is 14.5. The molecular weight excluding hydrogens is 318 g/mol. The van der Waals surface area contributed by atoms with E-state index >= 15 is 0 Å². The van der Waals surface area contributed by atoms with Gasteiger partial charge in [-0.3, -0.25) is 4.79 Å². The SMILES string of the molecule is COc1ccc(CCC(=O)Nc2nnc(SC(C)C)s2)cc1. The Kier molecular flexibility index (Phi) is 6.21. The topological polar surface area (TPSA) is 64.1 Å². The van der Waals surface area contributed by atoms with Crippen LogP contribution in [0.2, 0.25) is 0 Å². The highest BCUT2D eigenvalue weighted by Gasteiger charge is 2.10. The van der Waals surface area contributed by atoms with Crippen molar-refractivity contribution < 1.29 is 9.53 Å². The molecular formula is C15H19N3O2S2. The molecule has 1 N–H and O–H groups in total. The molecule has 1 amide bonds. The molecule has 0 aliphatic heterocycles. The summed E-state index contributed by atoms with van der Waals surface area (Å²) in [5.41, 5.74) is 1.10. The second-order valence-corrected chi connectivity index (χ2v) is 7.74. The maximum atomic E-state index is 11.9. The number of carbonyl (C=O) groups excluding carboxylic acids is 1. The average molecular weight is 337 g/mol. The molecule has 2 aromatic rings. The van der Waals surface area contributed by atoms with Crippen molar-refractivity contribution in [1.82, 2.24) is 10.2 Å². The van der Waals surface area contributed by atoms with Crippen molar-refractivity contribution in [2.45, 2.75) is 36.3 Å². The van der Waals surface area contributed by atoms with E-state index in [0.717, 1.165) is 15.7 Å². The molecule has 118 valence electrons. The van der Waals surface area contributed by atoms with E-state index in [1.165, 1.54) is 11.3 Å². The van der Waals surface area contributed by atoms with E-state index in [1.54, 1.807) is 18.9 Å². The number of nitrogens with zero attached hydrogens (tertiary/aromatic N) is 2. The maximum absolute atomic E-state index is 11.9. The summed E-state index contributed by atoms with van der Waals surface area (Å²) in [5, 5.41) is 11.8. The lowest BCUT2D eigenvalue weighted by molar-refractivity contribution is -0.116. The second kappa shape index (κ2) is 8.14. The number of thioether (sulfide) groups is 1. The number of hydrogen-bond acceptors (Lipinski definition) is 6. The summed E-state index contributed by atoms with van der Waals surface area (Å²) in [4.78, 5) is 11.9. The van der Waals surface area contributed by atoms with Crippen LogP contribution in [0.25, 0.3) is 0 Å². The van der Waals surface area contributed by atoms with Crippen LogP contribution < -0.4 is 10.1 Å². The molecule has 0 aliphatic rings. The van der Waals surface area contributed by atoms with Crippen LogP contribution in [0.5, 0.6) is 5.75 Å². The van der Waals surface area contributed by atoms with Gasteiger partial charge in [0.2, 0.25) is 11.0 Å². The van der Waals surface area contributed by atoms with Crippen molar-refractivity contribution in [3.05, 3.63) is 29.8 Å². The summed E-state index contributed by atoms with van der Waals surface area (Å²) in [5.74, 6) is 0.769. The largest absolute Gasteiger partial charge is 0.497 e. The highest BCUT2D eigenvalue weighted by Crippen LogP contribution is 2.28. The average Bonchev–Trinajstić information content (AvgIpc) is 2.92. The number of amides is 1. The lowest BCUT2D eigenvalue weighted by Gasteiger charge is -2.03. The van der Waals surface area contributed by atoms with Gasteiger partial charge in [-0.2, -0.15) is 0 Å². The molecule has 0 bridgehead atoms. The highest BCUT2D eigenvalue weighted by molar-refractivity contribution is 8.01. The van der Waals surface area contributed by atoms with Gasteiger partial charge < -0.3 is 10.1 Å². The van der Waals surface area contributed by atoms with Gasteiger partial charge in [0.25, 0.3) is 0 Å². The van der Waals surface area contributed by atoms with E-state index in [4.69, 9.17) is 4.74 Å². The molecule has 0 fully saturated rings. The van der Waals surface area contributed by atoms with Gasteiger partial charge in [-0.15, -0.1) is 10.2 Å². The quantitative estimate of drug-likeness (QED) is 0.617. The summed E-state index contributed by atoms with van der Waals surface area (Å²) >= 11 is 3.05. The number of benzene rings is 1. The summed E-state index contributed by atoms with van der Waals surface area (Å²) < 4.78 is 5.98. The smallest absolute Gasteiger partial charge is 0.226 e. The van der Waals surface area contributed by atoms with Gasteiger partial charge in [-0.1, -0.05) is 49.1 Å². The Morgan fingerprint density at radius 1 is 1.32 bits per heavy atom. The van der Waals surface area contributed by atoms with Gasteiger partial charge in [0.15, 0.2) is 4.34 Å². The molecule has 0 unspecified atom stereocenters.